The number of carbonyl (C=O) groups excluding carboxylic acids is 1. The largest absolute Gasteiger partial charge is 0.497 e. The molecule has 30 heavy (non-hydrogen) atoms. The standard InChI is InChI=1S/C22H26N4O2S2/c1-14(2)26-21(18-12-29-19-10-5-4-9-17(18)19)24-25-22(26)30-13-20(27)23-15-7-6-8-16(11-15)28-3/h6-8,11-12,14H,4-5,9-10,13H2,1-3H3,(H,23,27). The van der Waals surface area contributed by atoms with Gasteiger partial charge < -0.3 is 10.1 Å². The van der Waals surface area contributed by atoms with Crippen LogP contribution in [-0.2, 0) is 17.6 Å². The molecule has 6 nitrogen and oxygen atoms in total. The topological polar surface area (TPSA) is 69.0 Å². The average molecular weight is 443 g/mol. The fourth-order valence-corrected chi connectivity index (χ4v) is 5.73. The Bertz CT molecular complexity index is 1040. The number of benzene rings is 1. The third kappa shape index (κ3) is 4.39. The molecule has 0 saturated heterocycles. The molecule has 0 saturated carbocycles. The minimum atomic E-state index is -0.0824. The fourth-order valence-electron chi connectivity index (χ4n) is 3.73. The SMILES string of the molecule is COc1cccc(NC(=O)CSc2nnc(-c3csc4c3CCCC4)n2C(C)C)c1. The van der Waals surface area contributed by atoms with Crippen LogP contribution in [0.3, 0.4) is 0 Å². The molecule has 1 aliphatic carbocycles. The van der Waals surface area contributed by atoms with Crippen molar-refractivity contribution >= 4 is 34.7 Å². The molecule has 0 aliphatic heterocycles. The van der Waals surface area contributed by atoms with Gasteiger partial charge in [-0.05, 0) is 57.2 Å². The van der Waals surface area contributed by atoms with Crippen LogP contribution in [-0.4, -0.2) is 33.5 Å². The lowest BCUT2D eigenvalue weighted by molar-refractivity contribution is -0.113. The maximum absolute atomic E-state index is 12.5. The highest BCUT2D eigenvalue weighted by atomic mass is 32.2. The molecule has 3 aromatic rings. The Labute approximate surface area is 185 Å². The smallest absolute Gasteiger partial charge is 0.234 e. The van der Waals surface area contributed by atoms with E-state index in [2.05, 4.69) is 39.3 Å². The van der Waals surface area contributed by atoms with Gasteiger partial charge in [0.05, 0.1) is 12.9 Å². The van der Waals surface area contributed by atoms with E-state index in [1.807, 2.05) is 29.5 Å². The van der Waals surface area contributed by atoms with Gasteiger partial charge in [-0.1, -0.05) is 17.8 Å². The molecule has 0 bridgehead atoms. The summed E-state index contributed by atoms with van der Waals surface area (Å²) in [5.74, 6) is 1.81. The van der Waals surface area contributed by atoms with Crippen molar-refractivity contribution in [1.82, 2.24) is 14.8 Å². The third-order valence-corrected chi connectivity index (χ3v) is 7.20. The number of fused-ring (bicyclic) bond motifs is 1. The zero-order valence-electron chi connectivity index (χ0n) is 17.5. The van der Waals surface area contributed by atoms with Gasteiger partial charge in [0.2, 0.25) is 5.91 Å². The summed E-state index contributed by atoms with van der Waals surface area (Å²) in [6.07, 6.45) is 4.79. The Morgan fingerprint density at radius 2 is 2.13 bits per heavy atom. The van der Waals surface area contributed by atoms with Gasteiger partial charge >= 0.3 is 0 Å². The lowest BCUT2D eigenvalue weighted by Gasteiger charge is -2.16. The zero-order chi connectivity index (χ0) is 21.1. The monoisotopic (exact) mass is 442 g/mol. The maximum atomic E-state index is 12.5. The second-order valence-electron chi connectivity index (χ2n) is 7.60. The van der Waals surface area contributed by atoms with E-state index < -0.39 is 0 Å². The number of nitrogens with one attached hydrogen (secondary N) is 1. The third-order valence-electron chi connectivity index (χ3n) is 5.17. The van der Waals surface area contributed by atoms with Crippen LogP contribution in [0.5, 0.6) is 5.75 Å². The van der Waals surface area contributed by atoms with Crippen molar-refractivity contribution in [3.8, 4) is 17.1 Å². The Kier molecular flexibility index (Phi) is 6.43. The van der Waals surface area contributed by atoms with Gasteiger partial charge in [0.1, 0.15) is 5.75 Å². The summed E-state index contributed by atoms with van der Waals surface area (Å²) in [5, 5.41) is 14.9. The lowest BCUT2D eigenvalue weighted by Crippen LogP contribution is -2.15. The molecule has 0 unspecified atom stereocenters. The molecule has 0 fully saturated rings. The zero-order valence-corrected chi connectivity index (χ0v) is 19.1. The molecule has 1 aromatic carbocycles. The number of rotatable bonds is 7. The minimum Gasteiger partial charge on any atom is -0.497 e. The molecule has 0 radical (unpaired) electrons. The second-order valence-corrected chi connectivity index (χ2v) is 9.50. The van der Waals surface area contributed by atoms with Gasteiger partial charge in [-0.25, -0.2) is 0 Å². The van der Waals surface area contributed by atoms with Crippen molar-refractivity contribution < 1.29 is 9.53 Å². The number of aromatic nitrogens is 3. The number of methoxy groups -OCH3 is 1. The number of anilines is 1. The minimum absolute atomic E-state index is 0.0824. The first-order valence-electron chi connectivity index (χ1n) is 10.2. The molecule has 0 spiro atoms. The lowest BCUT2D eigenvalue weighted by atomic mass is 9.95. The highest BCUT2D eigenvalue weighted by Gasteiger charge is 2.23. The number of amides is 1. The predicted octanol–water partition coefficient (Wildman–Crippen LogP) is 5.21. The molecular weight excluding hydrogens is 416 g/mol. The Morgan fingerprint density at radius 1 is 1.30 bits per heavy atom. The van der Waals surface area contributed by atoms with Gasteiger partial charge in [0.15, 0.2) is 11.0 Å². The molecular formula is C22H26N4O2S2. The van der Waals surface area contributed by atoms with E-state index in [0.717, 1.165) is 23.1 Å². The van der Waals surface area contributed by atoms with Crippen molar-refractivity contribution in [3.63, 3.8) is 0 Å². The summed E-state index contributed by atoms with van der Waals surface area (Å²) in [7, 11) is 1.61. The molecule has 2 aromatic heterocycles. The van der Waals surface area contributed by atoms with Crippen LogP contribution in [0, 0.1) is 0 Å². The van der Waals surface area contributed by atoms with Crippen LogP contribution in [0.15, 0.2) is 34.8 Å². The first-order valence-corrected chi connectivity index (χ1v) is 12.0. The van der Waals surface area contributed by atoms with E-state index in [-0.39, 0.29) is 17.7 Å². The van der Waals surface area contributed by atoms with Crippen LogP contribution < -0.4 is 10.1 Å². The van der Waals surface area contributed by atoms with Gasteiger partial charge in [-0.2, -0.15) is 0 Å². The Morgan fingerprint density at radius 3 is 2.93 bits per heavy atom. The number of thioether (sulfide) groups is 1. The van der Waals surface area contributed by atoms with Crippen LogP contribution in [0.1, 0.15) is 43.2 Å². The number of hydrogen-bond acceptors (Lipinski definition) is 6. The summed E-state index contributed by atoms with van der Waals surface area (Å²) >= 11 is 3.25. The van der Waals surface area contributed by atoms with Gasteiger partial charge in [0, 0.05) is 33.6 Å². The highest BCUT2D eigenvalue weighted by Crippen LogP contribution is 2.37. The van der Waals surface area contributed by atoms with E-state index in [9.17, 15) is 4.79 Å². The first-order chi connectivity index (χ1) is 14.6. The molecule has 2 heterocycles. The molecule has 158 valence electrons. The van der Waals surface area contributed by atoms with Crippen LogP contribution >= 0.6 is 23.1 Å². The fraction of sp³-hybridized carbons (Fsp3) is 0.409. The van der Waals surface area contributed by atoms with Gasteiger partial charge in [0.25, 0.3) is 0 Å². The number of thiophene rings is 1. The molecule has 0 atom stereocenters. The summed E-state index contributed by atoms with van der Waals surface area (Å²) < 4.78 is 7.36. The molecule has 1 N–H and O–H groups in total. The number of ether oxygens (including phenoxy) is 1. The Hall–Kier alpha value is -2.32. The van der Waals surface area contributed by atoms with Gasteiger partial charge in [-0.15, -0.1) is 21.5 Å². The van der Waals surface area contributed by atoms with Crippen molar-refractivity contribution in [2.24, 2.45) is 0 Å². The molecule has 8 heteroatoms. The van der Waals surface area contributed by atoms with Crippen LogP contribution in [0.2, 0.25) is 0 Å². The number of carbonyl (C=O) groups is 1. The van der Waals surface area contributed by atoms with Crippen LogP contribution in [0.25, 0.3) is 11.4 Å². The first kappa shape index (κ1) is 20.9. The van der Waals surface area contributed by atoms with E-state index in [4.69, 9.17) is 4.74 Å². The number of aryl methyl sites for hydroxylation is 1. The Balaban J connectivity index is 1.50. The van der Waals surface area contributed by atoms with Gasteiger partial charge in [-0.3, -0.25) is 9.36 Å². The molecule has 1 aliphatic rings. The summed E-state index contributed by atoms with van der Waals surface area (Å²) in [6, 6.07) is 7.56. The normalized spacial score (nSPS) is 13.3. The van der Waals surface area contributed by atoms with Crippen LogP contribution in [0.4, 0.5) is 5.69 Å². The maximum Gasteiger partial charge on any atom is 0.234 e. The second kappa shape index (κ2) is 9.22. The van der Waals surface area contributed by atoms with E-state index in [1.54, 1.807) is 13.2 Å². The molecule has 1 amide bonds. The van der Waals surface area contributed by atoms with E-state index >= 15 is 0 Å². The van der Waals surface area contributed by atoms with Crippen molar-refractivity contribution in [2.75, 3.05) is 18.2 Å². The summed E-state index contributed by atoms with van der Waals surface area (Å²) in [4.78, 5) is 14.0. The number of nitrogens with zero attached hydrogens (tertiary/aromatic N) is 3. The summed E-state index contributed by atoms with van der Waals surface area (Å²) in [6.45, 7) is 4.26. The van der Waals surface area contributed by atoms with Crippen molar-refractivity contribution in [2.45, 2.75) is 50.7 Å². The number of hydrogen-bond donors (Lipinski definition) is 1. The highest BCUT2D eigenvalue weighted by molar-refractivity contribution is 7.99. The van der Waals surface area contributed by atoms with E-state index in [0.29, 0.717) is 5.75 Å². The van der Waals surface area contributed by atoms with Crippen molar-refractivity contribution in [3.05, 3.63) is 40.1 Å². The summed E-state index contributed by atoms with van der Waals surface area (Å²) in [5.41, 5.74) is 3.37. The predicted molar refractivity (Wildman–Crippen MR) is 123 cm³/mol. The van der Waals surface area contributed by atoms with E-state index in [1.165, 1.54) is 47.0 Å². The average Bonchev–Trinajstić information content (AvgIpc) is 3.36. The molecule has 4 rings (SSSR count). The van der Waals surface area contributed by atoms with Crippen molar-refractivity contribution in [1.29, 1.82) is 0 Å². The quantitative estimate of drug-likeness (QED) is 0.509.